The standard InChI is InChI=1S/C20H22N2O5/c1-11-8-9-16-14(10-11)17(13-6-4-5-7-15(13)21-16)19(24)27-12(2)18(23)22-20(25)26-3/h4-7,11-12H,8-10H2,1-3H3,(H,22,23,25)/t11-,12-/m0/s1. The first-order chi connectivity index (χ1) is 12.9. The lowest BCUT2D eigenvalue weighted by molar-refractivity contribution is -0.128. The molecule has 2 aromatic rings. The maximum Gasteiger partial charge on any atom is 0.413 e. The minimum atomic E-state index is -1.14. The third-order valence-corrected chi connectivity index (χ3v) is 4.77. The number of fused-ring (bicyclic) bond motifs is 2. The van der Waals surface area contributed by atoms with Crippen molar-refractivity contribution in [2.24, 2.45) is 5.92 Å². The van der Waals surface area contributed by atoms with Crippen LogP contribution < -0.4 is 5.32 Å². The molecule has 1 aliphatic rings. The molecule has 0 saturated heterocycles. The fourth-order valence-electron chi connectivity index (χ4n) is 3.32. The van der Waals surface area contributed by atoms with Crippen molar-refractivity contribution >= 4 is 28.9 Å². The Morgan fingerprint density at radius 2 is 2.00 bits per heavy atom. The van der Waals surface area contributed by atoms with Crippen molar-refractivity contribution in [3.8, 4) is 0 Å². The van der Waals surface area contributed by atoms with Gasteiger partial charge in [0.05, 0.1) is 18.2 Å². The summed E-state index contributed by atoms with van der Waals surface area (Å²) in [7, 11) is 1.15. The second-order valence-corrected chi connectivity index (χ2v) is 6.81. The molecule has 0 saturated carbocycles. The smallest absolute Gasteiger partial charge is 0.413 e. The first-order valence-electron chi connectivity index (χ1n) is 8.91. The van der Waals surface area contributed by atoms with Crippen LogP contribution in [-0.2, 0) is 27.1 Å². The number of methoxy groups -OCH3 is 1. The fourth-order valence-corrected chi connectivity index (χ4v) is 3.32. The van der Waals surface area contributed by atoms with E-state index in [9.17, 15) is 14.4 Å². The molecule has 1 aromatic carbocycles. The molecule has 0 aliphatic heterocycles. The Labute approximate surface area is 157 Å². The van der Waals surface area contributed by atoms with Crippen LogP contribution in [0.1, 0.15) is 41.9 Å². The number of alkyl carbamates (subject to hydrolysis) is 1. The molecule has 0 radical (unpaired) electrons. The van der Waals surface area contributed by atoms with Gasteiger partial charge in [-0.25, -0.2) is 9.59 Å². The first-order valence-corrected chi connectivity index (χ1v) is 8.91. The van der Waals surface area contributed by atoms with E-state index < -0.39 is 24.1 Å². The van der Waals surface area contributed by atoms with E-state index in [4.69, 9.17) is 9.72 Å². The van der Waals surface area contributed by atoms with Crippen molar-refractivity contribution in [3.05, 3.63) is 41.1 Å². The van der Waals surface area contributed by atoms with Gasteiger partial charge in [-0.15, -0.1) is 0 Å². The normalized spacial score (nSPS) is 16.9. The molecule has 27 heavy (non-hydrogen) atoms. The Bertz CT molecular complexity index is 909. The van der Waals surface area contributed by atoms with Gasteiger partial charge in [0.1, 0.15) is 0 Å². The van der Waals surface area contributed by atoms with Gasteiger partial charge in [0.15, 0.2) is 6.10 Å². The Balaban J connectivity index is 1.95. The molecule has 7 heteroatoms. The van der Waals surface area contributed by atoms with Gasteiger partial charge in [-0.2, -0.15) is 0 Å². The number of para-hydroxylation sites is 1. The lowest BCUT2D eigenvalue weighted by Gasteiger charge is -2.24. The van der Waals surface area contributed by atoms with Crippen LogP contribution >= 0.6 is 0 Å². The molecule has 0 bridgehead atoms. The van der Waals surface area contributed by atoms with Gasteiger partial charge < -0.3 is 9.47 Å². The second kappa shape index (κ2) is 7.73. The number of benzene rings is 1. The van der Waals surface area contributed by atoms with Gasteiger partial charge in [0.25, 0.3) is 5.91 Å². The van der Waals surface area contributed by atoms with Crippen molar-refractivity contribution in [3.63, 3.8) is 0 Å². The van der Waals surface area contributed by atoms with Crippen LogP contribution in [0.25, 0.3) is 10.9 Å². The van der Waals surface area contributed by atoms with E-state index in [1.54, 1.807) is 0 Å². The van der Waals surface area contributed by atoms with E-state index in [1.807, 2.05) is 29.6 Å². The number of amides is 2. The van der Waals surface area contributed by atoms with Crippen molar-refractivity contribution in [2.75, 3.05) is 7.11 Å². The molecule has 1 N–H and O–H groups in total. The molecule has 1 aliphatic carbocycles. The molecule has 3 rings (SSSR count). The summed E-state index contributed by atoms with van der Waals surface area (Å²) in [5.74, 6) is -0.894. The highest BCUT2D eigenvalue weighted by molar-refractivity contribution is 6.06. The molecular formula is C20H22N2O5. The predicted molar refractivity (Wildman–Crippen MR) is 98.4 cm³/mol. The highest BCUT2D eigenvalue weighted by Crippen LogP contribution is 2.32. The summed E-state index contributed by atoms with van der Waals surface area (Å²) in [6.07, 6.45) is 0.522. The Morgan fingerprint density at radius 1 is 1.26 bits per heavy atom. The van der Waals surface area contributed by atoms with Crippen molar-refractivity contribution in [1.29, 1.82) is 0 Å². The molecule has 142 valence electrons. The van der Waals surface area contributed by atoms with Crippen LogP contribution in [0.2, 0.25) is 0 Å². The number of hydrogen-bond donors (Lipinski definition) is 1. The lowest BCUT2D eigenvalue weighted by atomic mass is 9.84. The molecule has 0 unspecified atom stereocenters. The number of ether oxygens (including phenoxy) is 2. The number of esters is 1. The summed E-state index contributed by atoms with van der Waals surface area (Å²) in [5, 5.41) is 2.71. The highest BCUT2D eigenvalue weighted by Gasteiger charge is 2.28. The van der Waals surface area contributed by atoms with Crippen LogP contribution in [0.5, 0.6) is 0 Å². The number of hydrogen-bond acceptors (Lipinski definition) is 6. The zero-order valence-corrected chi connectivity index (χ0v) is 15.6. The van der Waals surface area contributed by atoms with E-state index in [-0.39, 0.29) is 0 Å². The summed E-state index contributed by atoms with van der Waals surface area (Å²) < 4.78 is 9.75. The van der Waals surface area contributed by atoms with E-state index in [0.29, 0.717) is 16.9 Å². The molecule has 2 amide bonds. The summed E-state index contributed by atoms with van der Waals surface area (Å²) >= 11 is 0. The van der Waals surface area contributed by atoms with Crippen LogP contribution in [0, 0.1) is 5.92 Å². The number of carbonyl (C=O) groups is 3. The Hall–Kier alpha value is -2.96. The third-order valence-electron chi connectivity index (χ3n) is 4.77. The van der Waals surface area contributed by atoms with E-state index >= 15 is 0 Å². The maximum atomic E-state index is 13.0. The summed E-state index contributed by atoms with van der Waals surface area (Å²) in [5.41, 5.74) is 2.98. The molecule has 0 spiro atoms. The molecular weight excluding hydrogens is 348 g/mol. The number of aromatic nitrogens is 1. The first kappa shape index (κ1) is 18.8. The van der Waals surface area contributed by atoms with E-state index in [2.05, 4.69) is 11.7 Å². The fraction of sp³-hybridized carbons (Fsp3) is 0.400. The van der Waals surface area contributed by atoms with Crippen LogP contribution in [-0.4, -0.2) is 36.2 Å². The quantitative estimate of drug-likeness (QED) is 0.835. The van der Waals surface area contributed by atoms with Crippen molar-refractivity contribution < 1.29 is 23.9 Å². The Kier molecular flexibility index (Phi) is 5.39. The largest absolute Gasteiger partial charge is 0.453 e. The maximum absolute atomic E-state index is 13.0. The number of carbonyl (C=O) groups excluding carboxylic acids is 3. The average Bonchev–Trinajstić information content (AvgIpc) is 2.65. The zero-order valence-electron chi connectivity index (χ0n) is 15.6. The minimum absolute atomic E-state index is 0.437. The Morgan fingerprint density at radius 3 is 2.74 bits per heavy atom. The van der Waals surface area contributed by atoms with Crippen LogP contribution in [0.15, 0.2) is 24.3 Å². The molecule has 1 heterocycles. The minimum Gasteiger partial charge on any atom is -0.453 e. The highest BCUT2D eigenvalue weighted by atomic mass is 16.6. The third kappa shape index (κ3) is 3.92. The molecule has 1 aromatic heterocycles. The van der Waals surface area contributed by atoms with Crippen LogP contribution in [0.3, 0.4) is 0 Å². The molecule has 2 atom stereocenters. The summed E-state index contributed by atoms with van der Waals surface area (Å²) in [6.45, 7) is 3.55. The zero-order chi connectivity index (χ0) is 19.6. The number of nitrogens with one attached hydrogen (secondary N) is 1. The van der Waals surface area contributed by atoms with Gasteiger partial charge in [-0.3, -0.25) is 15.1 Å². The average molecular weight is 370 g/mol. The van der Waals surface area contributed by atoms with Crippen molar-refractivity contribution in [2.45, 2.75) is 39.2 Å². The van der Waals surface area contributed by atoms with Gasteiger partial charge >= 0.3 is 12.1 Å². The summed E-state index contributed by atoms with van der Waals surface area (Å²) in [4.78, 5) is 40.8. The number of pyridine rings is 1. The number of rotatable bonds is 3. The molecule has 0 fully saturated rings. The second-order valence-electron chi connectivity index (χ2n) is 6.81. The number of nitrogens with zero attached hydrogens (tertiary/aromatic N) is 1. The SMILES string of the molecule is COC(=O)NC(=O)[C@H](C)OC(=O)c1c2c(nc3ccccc13)CC[C@H](C)C2. The van der Waals surface area contributed by atoms with Gasteiger partial charge in [-0.05, 0) is 43.7 Å². The van der Waals surface area contributed by atoms with Gasteiger partial charge in [0.2, 0.25) is 0 Å². The van der Waals surface area contributed by atoms with Crippen molar-refractivity contribution in [1.82, 2.24) is 10.3 Å². The van der Waals surface area contributed by atoms with E-state index in [0.717, 1.165) is 43.1 Å². The monoisotopic (exact) mass is 370 g/mol. The van der Waals surface area contributed by atoms with Gasteiger partial charge in [-0.1, -0.05) is 25.1 Å². The number of aryl methyl sites for hydroxylation is 1. The summed E-state index contributed by atoms with van der Waals surface area (Å²) in [6, 6.07) is 7.40. The van der Waals surface area contributed by atoms with Crippen LogP contribution in [0.4, 0.5) is 4.79 Å². The van der Waals surface area contributed by atoms with E-state index in [1.165, 1.54) is 6.92 Å². The lowest BCUT2D eigenvalue weighted by Crippen LogP contribution is -2.39. The number of imide groups is 1. The van der Waals surface area contributed by atoms with Gasteiger partial charge in [0, 0.05) is 11.1 Å². The topological polar surface area (TPSA) is 94.6 Å². The predicted octanol–water partition coefficient (Wildman–Crippen LogP) is 2.79. The molecule has 7 nitrogen and oxygen atoms in total.